The minimum absolute atomic E-state index is 0.0237. The quantitative estimate of drug-likeness (QED) is 0.0899. The third kappa shape index (κ3) is 5.34. The maximum atomic E-state index is 15.3. The summed E-state index contributed by atoms with van der Waals surface area (Å²) in [5.41, 5.74) is 2.68. The van der Waals surface area contributed by atoms with Crippen molar-refractivity contribution in [3.63, 3.8) is 0 Å². The monoisotopic (exact) mass is 766 g/mol. The number of rotatable bonds is 8. The van der Waals surface area contributed by atoms with Gasteiger partial charge in [-0.15, -0.1) is 0 Å². The van der Waals surface area contributed by atoms with Crippen LogP contribution in [0.1, 0.15) is 29.9 Å². The van der Waals surface area contributed by atoms with Crippen LogP contribution in [-0.2, 0) is 24.6 Å². The van der Waals surface area contributed by atoms with Gasteiger partial charge in [-0.1, -0.05) is 41.4 Å². The minimum Gasteiger partial charge on any atom is -0.502 e. The number of fused-ring (bicyclic) bond motifs is 4. The average molecular weight is 767 g/mol. The van der Waals surface area contributed by atoms with Crippen LogP contribution in [-0.4, -0.2) is 52.9 Å². The predicted octanol–water partition coefficient (Wildman–Crippen LogP) is 6.30. The van der Waals surface area contributed by atoms with E-state index in [1.165, 1.54) is 62.8 Å². The number of benzene rings is 4. The van der Waals surface area contributed by atoms with Crippen molar-refractivity contribution in [3.05, 3.63) is 129 Å². The van der Waals surface area contributed by atoms with Gasteiger partial charge in [-0.05, 0) is 84.5 Å². The largest absolute Gasteiger partial charge is 0.502 e. The van der Waals surface area contributed by atoms with Gasteiger partial charge in [0.25, 0.3) is 17.5 Å². The lowest BCUT2D eigenvalue weighted by atomic mass is 9.49. The lowest BCUT2D eigenvalue weighted by Gasteiger charge is -2.50. The van der Waals surface area contributed by atoms with Crippen molar-refractivity contribution >= 4 is 52.3 Å². The summed E-state index contributed by atoms with van der Waals surface area (Å²) < 4.78 is 25.0. The van der Waals surface area contributed by atoms with Crippen molar-refractivity contribution < 1.29 is 43.1 Å². The first kappa shape index (κ1) is 35.7. The lowest BCUT2D eigenvalue weighted by molar-refractivity contribution is -0.384. The van der Waals surface area contributed by atoms with E-state index >= 15 is 4.79 Å². The number of carbonyl (C=O) groups is 4. The Hall–Kier alpha value is -6.28. The molecule has 4 aliphatic rings. The number of hydrazine groups is 1. The molecule has 0 unspecified atom stereocenters. The number of amides is 4. The van der Waals surface area contributed by atoms with E-state index in [9.17, 15) is 34.0 Å². The molecule has 4 aromatic carbocycles. The van der Waals surface area contributed by atoms with Gasteiger partial charge in [0.15, 0.2) is 11.5 Å². The van der Waals surface area contributed by atoms with Crippen LogP contribution in [0.25, 0.3) is 0 Å². The summed E-state index contributed by atoms with van der Waals surface area (Å²) in [6.07, 6.45) is 1.90. The lowest BCUT2D eigenvalue weighted by Crippen LogP contribution is -2.53. The minimum atomic E-state index is -1.69. The zero-order chi connectivity index (χ0) is 38.9. The van der Waals surface area contributed by atoms with E-state index in [4.69, 9.17) is 21.1 Å². The molecule has 8 rings (SSSR count). The first-order valence-corrected chi connectivity index (χ1v) is 17.7. The number of anilines is 2. The average Bonchev–Trinajstić information content (AvgIpc) is 3.56. The van der Waals surface area contributed by atoms with E-state index in [0.29, 0.717) is 21.7 Å². The number of allylic oxidation sites excluding steroid dienone is 2. The molecule has 0 bridgehead atoms. The van der Waals surface area contributed by atoms with E-state index in [1.807, 2.05) is 6.08 Å². The van der Waals surface area contributed by atoms with Gasteiger partial charge in [-0.25, -0.2) is 9.29 Å². The Morgan fingerprint density at radius 2 is 1.58 bits per heavy atom. The molecule has 4 aromatic rings. The zero-order valence-corrected chi connectivity index (χ0v) is 30.0. The molecule has 0 aromatic heterocycles. The number of methoxy groups -OCH3 is 2. The number of hydrogen-bond donors (Lipinski definition) is 2. The van der Waals surface area contributed by atoms with E-state index in [1.54, 1.807) is 36.4 Å². The molecular formula is C40H32ClFN4O9. The molecule has 15 heteroatoms. The number of nitro benzene ring substituents is 1. The van der Waals surface area contributed by atoms with Gasteiger partial charge in [0.2, 0.25) is 17.6 Å². The molecule has 13 nitrogen and oxygen atoms in total. The topological polar surface area (TPSA) is 169 Å². The second kappa shape index (κ2) is 13.2. The molecule has 0 spiro atoms. The summed E-state index contributed by atoms with van der Waals surface area (Å²) in [5.74, 6) is -7.89. The number of halogens is 2. The number of hydrogen-bond acceptors (Lipinski definition) is 10. The second-order valence-corrected chi connectivity index (χ2v) is 14.4. The highest BCUT2D eigenvalue weighted by Gasteiger charge is 2.70. The number of non-ortho nitro benzene ring substituents is 1. The molecule has 2 aliphatic heterocycles. The smallest absolute Gasteiger partial charge is 0.271 e. The van der Waals surface area contributed by atoms with Crippen LogP contribution in [0.2, 0.25) is 5.02 Å². The normalized spacial score (nSPS) is 25.6. The van der Waals surface area contributed by atoms with Gasteiger partial charge in [-0.3, -0.25) is 34.7 Å². The molecule has 2 heterocycles. The molecule has 2 saturated heterocycles. The fourth-order valence-electron chi connectivity index (χ4n) is 9.11. The summed E-state index contributed by atoms with van der Waals surface area (Å²) in [7, 11) is 2.71. The number of aromatic hydroxyl groups is 1. The number of imide groups is 2. The second-order valence-electron chi connectivity index (χ2n) is 13.9. The third-order valence-electron chi connectivity index (χ3n) is 11.4. The fourth-order valence-corrected chi connectivity index (χ4v) is 9.24. The summed E-state index contributed by atoms with van der Waals surface area (Å²) in [4.78, 5) is 70.8. The Morgan fingerprint density at radius 1 is 0.909 bits per heavy atom. The molecule has 1 saturated carbocycles. The Morgan fingerprint density at radius 3 is 2.22 bits per heavy atom. The van der Waals surface area contributed by atoms with Gasteiger partial charge in [0.1, 0.15) is 5.82 Å². The molecule has 2 aliphatic carbocycles. The maximum absolute atomic E-state index is 15.3. The van der Waals surface area contributed by atoms with E-state index in [2.05, 4.69) is 5.43 Å². The number of ether oxygens (including phenoxy) is 2. The van der Waals surface area contributed by atoms with E-state index in [-0.39, 0.29) is 47.2 Å². The van der Waals surface area contributed by atoms with Crippen molar-refractivity contribution in [2.45, 2.75) is 24.2 Å². The molecule has 280 valence electrons. The molecular weight excluding hydrogens is 735 g/mol. The van der Waals surface area contributed by atoms with Crippen molar-refractivity contribution in [3.8, 4) is 17.2 Å². The van der Waals surface area contributed by atoms with Crippen molar-refractivity contribution in [1.82, 2.24) is 5.01 Å². The van der Waals surface area contributed by atoms with Crippen LogP contribution >= 0.6 is 11.6 Å². The standard InChI is InChI=1S/C40H32ClFN4O9/c1-54-31-16-20(17-32(55-2)35(31)47)34-27-14-15-28-33(38(50)44(36(28)48)25-4-3-5-26(18-25)46(52)53)29(27)19-30-37(49)45(43-24-12-10-23(42)11-13-24)39(51)40(30,34)21-6-8-22(41)9-7-21/h3-14,16-18,28-30,33-34,43,47H,15,19H2,1-2H3/t28-,29+,30-,33-,34-,40+/m0/s1. The van der Waals surface area contributed by atoms with Gasteiger partial charge >= 0.3 is 0 Å². The summed E-state index contributed by atoms with van der Waals surface area (Å²) in [6, 6.07) is 20.1. The zero-order valence-electron chi connectivity index (χ0n) is 29.3. The number of nitrogens with one attached hydrogen (secondary N) is 1. The SMILES string of the molecule is COc1cc([C@H]2C3=CC[C@@H]4C(=O)N(c5cccc([N+](=O)[O-])c5)C(=O)[C@@H]4[C@@H]3C[C@H]3C(=O)N(Nc4ccc(F)cc4)C(=O)[C@@]23c2ccc(Cl)cc2)cc(OC)c1O. The van der Waals surface area contributed by atoms with E-state index < -0.39 is 69.4 Å². The Bertz CT molecular complexity index is 2310. The van der Waals surface area contributed by atoms with Gasteiger partial charge in [0, 0.05) is 23.1 Å². The number of phenols is 1. The summed E-state index contributed by atoms with van der Waals surface area (Å²) in [6.45, 7) is 0. The van der Waals surface area contributed by atoms with Crippen molar-refractivity contribution in [2.24, 2.45) is 23.7 Å². The van der Waals surface area contributed by atoms with E-state index in [0.717, 1.165) is 9.91 Å². The number of carbonyl (C=O) groups excluding carboxylic acids is 4. The summed E-state index contributed by atoms with van der Waals surface area (Å²) >= 11 is 6.36. The van der Waals surface area contributed by atoms with Crippen molar-refractivity contribution in [1.29, 1.82) is 0 Å². The first-order chi connectivity index (χ1) is 26.4. The predicted molar refractivity (Wildman–Crippen MR) is 196 cm³/mol. The Kier molecular flexibility index (Phi) is 8.60. The highest BCUT2D eigenvalue weighted by atomic mass is 35.5. The van der Waals surface area contributed by atoms with Gasteiger partial charge in [0.05, 0.1) is 53.7 Å². The van der Waals surface area contributed by atoms with Crippen LogP contribution < -0.4 is 19.8 Å². The highest BCUT2D eigenvalue weighted by Crippen LogP contribution is 2.65. The molecule has 55 heavy (non-hydrogen) atoms. The first-order valence-electron chi connectivity index (χ1n) is 17.3. The van der Waals surface area contributed by atoms with Gasteiger partial charge < -0.3 is 14.6 Å². The van der Waals surface area contributed by atoms with Gasteiger partial charge in [-0.2, -0.15) is 5.01 Å². The molecule has 0 radical (unpaired) electrons. The molecule has 4 amide bonds. The number of nitro groups is 1. The molecule has 2 N–H and O–H groups in total. The Labute approximate surface area is 318 Å². The Balaban J connectivity index is 1.34. The van der Waals surface area contributed by atoms with Crippen LogP contribution in [0.15, 0.2) is 96.6 Å². The van der Waals surface area contributed by atoms with Crippen LogP contribution in [0.4, 0.5) is 21.5 Å². The van der Waals surface area contributed by atoms with Crippen LogP contribution in [0.3, 0.4) is 0 Å². The highest BCUT2D eigenvalue weighted by molar-refractivity contribution is 6.30. The van der Waals surface area contributed by atoms with Crippen LogP contribution in [0.5, 0.6) is 17.2 Å². The fraction of sp³-hybridized carbons (Fsp3) is 0.250. The third-order valence-corrected chi connectivity index (χ3v) is 11.6. The number of nitrogens with zero attached hydrogens (tertiary/aromatic N) is 3. The van der Waals surface area contributed by atoms with Crippen LogP contribution in [0, 0.1) is 39.6 Å². The maximum Gasteiger partial charge on any atom is 0.271 e. The van der Waals surface area contributed by atoms with Crippen molar-refractivity contribution in [2.75, 3.05) is 24.5 Å². The summed E-state index contributed by atoms with van der Waals surface area (Å²) in [5, 5.41) is 23.9. The number of phenolic OH excluding ortho intramolecular Hbond substituents is 1. The molecule has 3 fully saturated rings. The molecule has 6 atom stereocenters.